The molecule has 142 valence electrons. The van der Waals surface area contributed by atoms with Crippen LogP contribution in [0, 0.1) is 5.92 Å². The van der Waals surface area contributed by atoms with Gasteiger partial charge < -0.3 is 15.0 Å². The highest BCUT2D eigenvalue weighted by Crippen LogP contribution is 2.14. The van der Waals surface area contributed by atoms with Crippen molar-refractivity contribution in [2.24, 2.45) is 5.92 Å². The summed E-state index contributed by atoms with van der Waals surface area (Å²) in [5.41, 5.74) is 0.784. The Hall–Kier alpha value is -2.41. The Morgan fingerprint density at radius 1 is 1.31 bits per heavy atom. The highest BCUT2D eigenvalue weighted by molar-refractivity contribution is 5.95. The molecule has 7 nitrogen and oxygen atoms in total. The van der Waals surface area contributed by atoms with Crippen LogP contribution in [-0.4, -0.2) is 62.0 Å². The molecule has 1 unspecified atom stereocenters. The predicted octanol–water partition coefficient (Wildman–Crippen LogP) is 1.04. The van der Waals surface area contributed by atoms with Crippen LogP contribution in [0.5, 0.6) is 0 Å². The van der Waals surface area contributed by atoms with Crippen LogP contribution in [-0.2, 0) is 19.1 Å². The Morgan fingerprint density at radius 3 is 2.65 bits per heavy atom. The zero-order chi connectivity index (χ0) is 19.1. The van der Waals surface area contributed by atoms with E-state index in [9.17, 15) is 14.4 Å². The second kappa shape index (κ2) is 9.33. The number of hydrogen-bond donors (Lipinski definition) is 1. The van der Waals surface area contributed by atoms with Crippen LogP contribution >= 0.6 is 0 Å². The average Bonchev–Trinajstić information content (AvgIpc) is 2.63. The van der Waals surface area contributed by atoms with Crippen molar-refractivity contribution in [3.05, 3.63) is 30.3 Å². The van der Waals surface area contributed by atoms with Gasteiger partial charge in [0, 0.05) is 25.8 Å². The summed E-state index contributed by atoms with van der Waals surface area (Å²) in [6.45, 7) is 5.26. The highest BCUT2D eigenvalue weighted by Gasteiger charge is 2.33. The third kappa shape index (κ3) is 5.56. The van der Waals surface area contributed by atoms with Gasteiger partial charge in [-0.2, -0.15) is 0 Å². The average molecular weight is 361 g/mol. The smallest absolute Gasteiger partial charge is 0.307 e. The topological polar surface area (TPSA) is 79.0 Å². The molecule has 1 aliphatic heterocycles. The van der Waals surface area contributed by atoms with Crippen LogP contribution < -0.4 is 10.2 Å². The van der Waals surface area contributed by atoms with E-state index in [0.29, 0.717) is 19.7 Å². The zero-order valence-electron chi connectivity index (χ0n) is 15.6. The second-order valence-electron chi connectivity index (χ2n) is 6.85. The maximum absolute atomic E-state index is 12.6. The number of para-hydroxylation sites is 1. The number of likely N-dealkylation sites (N-methyl/N-ethyl adjacent to an activating group) is 1. The Kier molecular flexibility index (Phi) is 7.15. The van der Waals surface area contributed by atoms with Crippen molar-refractivity contribution in [3.63, 3.8) is 0 Å². The molecule has 1 heterocycles. The summed E-state index contributed by atoms with van der Waals surface area (Å²) in [7, 11) is 1.70. The van der Waals surface area contributed by atoms with Crippen molar-refractivity contribution in [3.8, 4) is 0 Å². The lowest BCUT2D eigenvalue weighted by molar-refractivity contribution is -0.149. The molecule has 2 rings (SSSR count). The van der Waals surface area contributed by atoms with Crippen LogP contribution in [0.1, 0.15) is 20.3 Å². The van der Waals surface area contributed by atoms with Crippen LogP contribution in [0.2, 0.25) is 0 Å². The van der Waals surface area contributed by atoms with Gasteiger partial charge in [-0.1, -0.05) is 32.0 Å². The molecule has 0 saturated carbocycles. The van der Waals surface area contributed by atoms with Gasteiger partial charge in [-0.15, -0.1) is 0 Å². The number of hydrogen-bond acceptors (Lipinski definition) is 5. The van der Waals surface area contributed by atoms with Gasteiger partial charge in [0.1, 0.15) is 6.04 Å². The number of benzene rings is 1. The van der Waals surface area contributed by atoms with Crippen LogP contribution in [0.25, 0.3) is 0 Å². The molecule has 1 aromatic carbocycles. The van der Waals surface area contributed by atoms with Gasteiger partial charge in [0.2, 0.25) is 11.8 Å². The van der Waals surface area contributed by atoms with Gasteiger partial charge in [-0.3, -0.25) is 19.3 Å². The third-order valence-corrected chi connectivity index (χ3v) is 4.24. The van der Waals surface area contributed by atoms with Crippen LogP contribution in [0.15, 0.2) is 30.3 Å². The number of carbonyl (C=O) groups is 3. The first-order valence-electron chi connectivity index (χ1n) is 8.87. The molecule has 0 aromatic heterocycles. The second-order valence-corrected chi connectivity index (χ2v) is 6.85. The lowest BCUT2D eigenvalue weighted by Crippen LogP contribution is -2.58. The molecule has 0 radical (unpaired) electrons. The van der Waals surface area contributed by atoms with E-state index in [2.05, 4.69) is 5.32 Å². The molecular weight excluding hydrogens is 334 g/mol. The van der Waals surface area contributed by atoms with Crippen molar-refractivity contribution < 1.29 is 19.1 Å². The quantitative estimate of drug-likeness (QED) is 0.734. The fourth-order valence-corrected chi connectivity index (χ4v) is 2.73. The molecule has 1 aliphatic rings. The normalized spacial score (nSPS) is 17.7. The van der Waals surface area contributed by atoms with Gasteiger partial charge in [0.05, 0.1) is 19.6 Å². The Labute approximate surface area is 154 Å². The van der Waals surface area contributed by atoms with E-state index in [1.165, 1.54) is 0 Å². The molecule has 1 fully saturated rings. The minimum Gasteiger partial charge on any atom is -0.465 e. The van der Waals surface area contributed by atoms with Crippen molar-refractivity contribution in [1.82, 2.24) is 10.2 Å². The molecule has 1 N–H and O–H groups in total. The fraction of sp³-hybridized carbons (Fsp3) is 0.526. The van der Waals surface area contributed by atoms with Crippen molar-refractivity contribution in [1.29, 1.82) is 0 Å². The van der Waals surface area contributed by atoms with Gasteiger partial charge in [-0.05, 0) is 18.1 Å². The Balaban J connectivity index is 1.99. The van der Waals surface area contributed by atoms with Gasteiger partial charge >= 0.3 is 5.97 Å². The van der Waals surface area contributed by atoms with Crippen molar-refractivity contribution in [2.75, 3.05) is 38.2 Å². The zero-order valence-corrected chi connectivity index (χ0v) is 15.6. The van der Waals surface area contributed by atoms with E-state index in [4.69, 9.17) is 4.74 Å². The number of anilines is 1. The SMILES string of the molecule is CC(C)COC(=O)CC1C(=O)NCCN1CC(=O)N(C)c1ccccc1. The van der Waals surface area contributed by atoms with E-state index in [1.54, 1.807) is 16.8 Å². The molecule has 0 bridgehead atoms. The summed E-state index contributed by atoms with van der Waals surface area (Å²) in [5, 5.41) is 2.75. The number of carbonyl (C=O) groups excluding carboxylic acids is 3. The van der Waals surface area contributed by atoms with Gasteiger partial charge in [0.25, 0.3) is 0 Å². The summed E-state index contributed by atoms with van der Waals surface area (Å²) in [4.78, 5) is 40.1. The predicted molar refractivity (Wildman–Crippen MR) is 98.6 cm³/mol. The van der Waals surface area contributed by atoms with E-state index in [-0.39, 0.29) is 30.7 Å². The molecule has 0 spiro atoms. The fourth-order valence-electron chi connectivity index (χ4n) is 2.73. The minimum absolute atomic E-state index is 0.0547. The summed E-state index contributed by atoms with van der Waals surface area (Å²) in [6.07, 6.45) is -0.0547. The first kappa shape index (κ1) is 19.9. The molecule has 26 heavy (non-hydrogen) atoms. The summed E-state index contributed by atoms with van der Waals surface area (Å²) in [6, 6.07) is 8.62. The minimum atomic E-state index is -0.684. The molecule has 1 saturated heterocycles. The van der Waals surface area contributed by atoms with E-state index in [1.807, 2.05) is 44.2 Å². The third-order valence-electron chi connectivity index (χ3n) is 4.24. The number of ether oxygens (including phenoxy) is 1. The lowest BCUT2D eigenvalue weighted by Gasteiger charge is -2.34. The number of esters is 1. The lowest BCUT2D eigenvalue weighted by atomic mass is 10.1. The van der Waals surface area contributed by atoms with Crippen LogP contribution in [0.3, 0.4) is 0 Å². The molecular formula is C19H27N3O4. The monoisotopic (exact) mass is 361 g/mol. The van der Waals surface area contributed by atoms with Crippen LogP contribution in [0.4, 0.5) is 5.69 Å². The molecule has 7 heteroatoms. The van der Waals surface area contributed by atoms with Gasteiger partial charge in [-0.25, -0.2) is 0 Å². The molecule has 2 amide bonds. The molecule has 1 atom stereocenters. The van der Waals surface area contributed by atoms with Crippen molar-refractivity contribution in [2.45, 2.75) is 26.3 Å². The number of nitrogens with zero attached hydrogens (tertiary/aromatic N) is 2. The first-order valence-corrected chi connectivity index (χ1v) is 8.87. The van der Waals surface area contributed by atoms with Gasteiger partial charge in [0.15, 0.2) is 0 Å². The Bertz CT molecular complexity index is 633. The number of nitrogens with one attached hydrogen (secondary N) is 1. The van der Waals surface area contributed by atoms with E-state index in [0.717, 1.165) is 5.69 Å². The Morgan fingerprint density at radius 2 is 2.00 bits per heavy atom. The number of rotatable bonds is 7. The largest absolute Gasteiger partial charge is 0.465 e. The van der Waals surface area contributed by atoms with Crippen molar-refractivity contribution >= 4 is 23.5 Å². The standard InChI is InChI=1S/C19H27N3O4/c1-14(2)13-26-18(24)11-16-19(25)20-9-10-22(16)12-17(23)21(3)15-7-5-4-6-8-15/h4-8,14,16H,9-13H2,1-3H3,(H,20,25). The maximum atomic E-state index is 12.6. The number of amides is 2. The summed E-state index contributed by atoms with van der Waals surface area (Å²) in [5.74, 6) is -0.565. The van der Waals surface area contributed by atoms with E-state index < -0.39 is 12.0 Å². The summed E-state index contributed by atoms with van der Waals surface area (Å²) >= 11 is 0. The molecule has 1 aromatic rings. The maximum Gasteiger partial charge on any atom is 0.307 e. The summed E-state index contributed by atoms with van der Waals surface area (Å²) < 4.78 is 5.18. The van der Waals surface area contributed by atoms with E-state index >= 15 is 0 Å². The first-order chi connectivity index (χ1) is 12.4. The number of piperazine rings is 1. The highest BCUT2D eigenvalue weighted by atomic mass is 16.5. The molecule has 0 aliphatic carbocycles.